The summed E-state index contributed by atoms with van der Waals surface area (Å²) >= 11 is 3.01. The van der Waals surface area contributed by atoms with Crippen LogP contribution in [0.1, 0.15) is 44.9 Å². The molecule has 0 radical (unpaired) electrons. The van der Waals surface area contributed by atoms with Crippen LogP contribution in [0.5, 0.6) is 0 Å². The van der Waals surface area contributed by atoms with Crippen LogP contribution >= 0.6 is 23.5 Å². The zero-order valence-corrected chi connectivity index (χ0v) is 24.3. The Morgan fingerprint density at radius 1 is 0.683 bits per heavy atom. The summed E-state index contributed by atoms with van der Waals surface area (Å²) in [6, 6.07) is 25.0. The maximum Gasteiger partial charge on any atom is 0.338 e. The van der Waals surface area contributed by atoms with Crippen molar-refractivity contribution in [3.8, 4) is 0 Å². The lowest BCUT2D eigenvalue weighted by Gasteiger charge is -2.35. The van der Waals surface area contributed by atoms with Crippen LogP contribution in [0.25, 0.3) is 10.4 Å². The molecular formula is C30H31N3O6S2. The van der Waals surface area contributed by atoms with Crippen LogP contribution in [-0.4, -0.2) is 58.9 Å². The Bertz CT molecular complexity index is 1300. The number of azide groups is 1. The van der Waals surface area contributed by atoms with E-state index in [-0.39, 0.29) is 17.7 Å². The second-order valence-electron chi connectivity index (χ2n) is 8.47. The van der Waals surface area contributed by atoms with Crippen molar-refractivity contribution < 1.29 is 28.6 Å². The topological polar surface area (TPSA) is 128 Å². The summed E-state index contributed by atoms with van der Waals surface area (Å²) in [5.74, 6) is -0.713. The third-order valence-corrected chi connectivity index (χ3v) is 8.40. The van der Waals surface area contributed by atoms with Gasteiger partial charge in [0.1, 0.15) is 6.10 Å². The summed E-state index contributed by atoms with van der Waals surface area (Å²) < 4.78 is 17.5. The van der Waals surface area contributed by atoms with E-state index in [2.05, 4.69) is 10.0 Å². The van der Waals surface area contributed by atoms with E-state index >= 15 is 0 Å². The van der Waals surface area contributed by atoms with Gasteiger partial charge in [0.2, 0.25) is 0 Å². The highest BCUT2D eigenvalue weighted by Crippen LogP contribution is 2.34. The first-order valence-electron chi connectivity index (χ1n) is 13.0. The van der Waals surface area contributed by atoms with Gasteiger partial charge < -0.3 is 14.2 Å². The zero-order chi connectivity index (χ0) is 29.5. The molecule has 41 heavy (non-hydrogen) atoms. The molecule has 3 aromatic carbocycles. The van der Waals surface area contributed by atoms with Gasteiger partial charge in [0.05, 0.1) is 27.8 Å². The Kier molecular flexibility index (Phi) is 13.1. The number of thioether (sulfide) groups is 2. The average molecular weight is 594 g/mol. The smallest absolute Gasteiger partial charge is 0.338 e. The molecule has 0 fully saturated rings. The van der Waals surface area contributed by atoms with E-state index in [0.717, 1.165) is 0 Å². The summed E-state index contributed by atoms with van der Waals surface area (Å²) in [4.78, 5) is 42.7. The van der Waals surface area contributed by atoms with E-state index in [0.29, 0.717) is 17.1 Å². The highest BCUT2D eigenvalue weighted by molar-refractivity contribution is 8.17. The molecule has 0 N–H and O–H groups in total. The fourth-order valence-corrected chi connectivity index (χ4v) is 6.49. The molecule has 0 aliphatic rings. The van der Waals surface area contributed by atoms with E-state index < -0.39 is 40.8 Å². The van der Waals surface area contributed by atoms with Gasteiger partial charge in [0, 0.05) is 4.91 Å². The first-order valence-corrected chi connectivity index (χ1v) is 15.1. The SMILES string of the molecule is CCSC(SCC)[C@H](OC(=O)c1ccccc1)[C@@H](OC(=O)c1ccccc1)[C@@H](CN=[N+]=[N-])OC(=O)c1ccccc1. The fraction of sp³-hybridized carbons (Fsp3) is 0.300. The molecular weight excluding hydrogens is 562 g/mol. The first kappa shape index (κ1) is 31.6. The number of benzene rings is 3. The fourth-order valence-electron chi connectivity index (χ4n) is 3.84. The van der Waals surface area contributed by atoms with Crippen LogP contribution in [0.4, 0.5) is 0 Å². The third-order valence-electron chi connectivity index (χ3n) is 5.72. The molecule has 3 atom stereocenters. The number of rotatable bonds is 15. The minimum Gasteiger partial charge on any atom is -0.455 e. The van der Waals surface area contributed by atoms with Crippen molar-refractivity contribution in [2.45, 2.75) is 36.7 Å². The summed E-state index contributed by atoms with van der Waals surface area (Å²) in [5.41, 5.74) is 9.95. The number of hydrogen-bond acceptors (Lipinski definition) is 9. The molecule has 0 bridgehead atoms. The number of ether oxygens (including phenoxy) is 3. The van der Waals surface area contributed by atoms with Crippen molar-refractivity contribution in [3.63, 3.8) is 0 Å². The molecule has 0 spiro atoms. The number of carbonyl (C=O) groups excluding carboxylic acids is 3. The molecule has 0 heterocycles. The standard InChI is InChI=1S/C30H31N3O6S2/c1-3-40-30(41-4-2)26(39-29(36)23-18-12-7-13-19-23)25(38-28(35)22-16-10-6-11-17-22)24(20-32-33-31)37-27(34)21-14-8-5-9-15-21/h5-19,24-26,30H,3-4,20H2,1-2H3/t24-,25+,26-/m1/s1. The summed E-state index contributed by atoms with van der Waals surface area (Å²) in [5, 5.41) is 3.65. The van der Waals surface area contributed by atoms with Crippen LogP contribution < -0.4 is 0 Å². The van der Waals surface area contributed by atoms with Crippen LogP contribution in [0.3, 0.4) is 0 Å². The van der Waals surface area contributed by atoms with Crippen molar-refractivity contribution >= 4 is 41.4 Å². The summed E-state index contributed by atoms with van der Waals surface area (Å²) in [7, 11) is 0. The van der Waals surface area contributed by atoms with Gasteiger partial charge in [-0.3, -0.25) is 0 Å². The maximum absolute atomic E-state index is 13.4. The van der Waals surface area contributed by atoms with E-state index in [1.807, 2.05) is 13.8 Å². The van der Waals surface area contributed by atoms with Crippen molar-refractivity contribution in [1.82, 2.24) is 0 Å². The molecule has 0 saturated heterocycles. The average Bonchev–Trinajstić information content (AvgIpc) is 3.02. The van der Waals surface area contributed by atoms with Gasteiger partial charge in [-0.25, -0.2) is 14.4 Å². The molecule has 0 aliphatic carbocycles. The van der Waals surface area contributed by atoms with Crippen LogP contribution in [0.2, 0.25) is 0 Å². The van der Waals surface area contributed by atoms with E-state index in [1.165, 1.54) is 23.5 Å². The summed E-state index contributed by atoms with van der Waals surface area (Å²) in [6.45, 7) is 3.56. The zero-order valence-electron chi connectivity index (χ0n) is 22.7. The van der Waals surface area contributed by atoms with Gasteiger partial charge in [-0.1, -0.05) is 73.6 Å². The second kappa shape index (κ2) is 17.0. The predicted octanol–water partition coefficient (Wildman–Crippen LogP) is 6.81. The van der Waals surface area contributed by atoms with Crippen LogP contribution in [-0.2, 0) is 14.2 Å². The van der Waals surface area contributed by atoms with Crippen molar-refractivity contribution in [2.24, 2.45) is 5.11 Å². The second-order valence-corrected chi connectivity index (χ2v) is 11.6. The van der Waals surface area contributed by atoms with Crippen molar-refractivity contribution in [2.75, 3.05) is 18.1 Å². The van der Waals surface area contributed by atoms with Gasteiger partial charge >= 0.3 is 17.9 Å². The van der Waals surface area contributed by atoms with E-state index in [9.17, 15) is 14.4 Å². The van der Waals surface area contributed by atoms with Gasteiger partial charge in [-0.05, 0) is 53.4 Å². The van der Waals surface area contributed by atoms with Gasteiger partial charge in [0.25, 0.3) is 0 Å². The number of carbonyl (C=O) groups is 3. The molecule has 3 rings (SSSR count). The van der Waals surface area contributed by atoms with Crippen molar-refractivity contribution in [1.29, 1.82) is 0 Å². The molecule has 0 unspecified atom stereocenters. The molecule has 9 nitrogen and oxygen atoms in total. The molecule has 0 aromatic heterocycles. The lowest BCUT2D eigenvalue weighted by Crippen LogP contribution is -2.50. The highest BCUT2D eigenvalue weighted by Gasteiger charge is 2.43. The normalized spacial score (nSPS) is 12.9. The monoisotopic (exact) mass is 593 g/mol. The molecule has 11 heteroatoms. The van der Waals surface area contributed by atoms with E-state index in [1.54, 1.807) is 91.0 Å². The van der Waals surface area contributed by atoms with Crippen molar-refractivity contribution in [3.05, 3.63) is 118 Å². The minimum atomic E-state index is -1.31. The molecule has 214 valence electrons. The molecule has 3 aromatic rings. The van der Waals surface area contributed by atoms with Gasteiger partial charge in [0.15, 0.2) is 12.2 Å². The highest BCUT2D eigenvalue weighted by atomic mass is 32.2. The Morgan fingerprint density at radius 2 is 1.07 bits per heavy atom. The lowest BCUT2D eigenvalue weighted by atomic mass is 10.1. The first-order chi connectivity index (χ1) is 20.0. The quantitative estimate of drug-likeness (QED) is 0.0470. The largest absolute Gasteiger partial charge is 0.455 e. The molecule has 0 saturated carbocycles. The third kappa shape index (κ3) is 9.60. The number of nitrogens with zero attached hydrogens (tertiary/aromatic N) is 3. The Labute approximate surface area is 247 Å². The number of hydrogen-bond donors (Lipinski definition) is 0. The Hall–Kier alpha value is -3.92. The Morgan fingerprint density at radius 3 is 1.46 bits per heavy atom. The Balaban J connectivity index is 2.09. The van der Waals surface area contributed by atoms with E-state index in [4.69, 9.17) is 19.7 Å². The van der Waals surface area contributed by atoms with Crippen LogP contribution in [0.15, 0.2) is 96.1 Å². The lowest BCUT2D eigenvalue weighted by molar-refractivity contribution is -0.0806. The molecule has 0 amide bonds. The maximum atomic E-state index is 13.4. The van der Waals surface area contributed by atoms with Gasteiger partial charge in [-0.2, -0.15) is 0 Å². The molecule has 0 aliphatic heterocycles. The minimum absolute atomic E-state index is 0.255. The summed E-state index contributed by atoms with van der Waals surface area (Å²) in [6.07, 6.45) is -3.65. The predicted molar refractivity (Wildman–Crippen MR) is 161 cm³/mol. The number of esters is 3. The van der Waals surface area contributed by atoms with Crippen LogP contribution in [0, 0.1) is 0 Å². The van der Waals surface area contributed by atoms with Gasteiger partial charge in [-0.15, -0.1) is 23.5 Å².